The molecule has 2 aliphatic carbocycles. The van der Waals surface area contributed by atoms with Crippen molar-refractivity contribution in [2.75, 3.05) is 13.2 Å². The van der Waals surface area contributed by atoms with Gasteiger partial charge in [0.15, 0.2) is 17.5 Å². The van der Waals surface area contributed by atoms with Gasteiger partial charge in [0.2, 0.25) is 0 Å². The standard InChI is InChI=1S/C28H41F3O3/c1-3-4-5-6-19-7-11-22(12-8-19)27(2)17-33-28(32,34-18-27)23-13-9-20(10-14-23)21-15-24(29)26(31)25(30)16-21/h15-16,19-20,22-23,32H,3-14,17-18H2,1-2H3. The zero-order chi connectivity index (χ0) is 24.3. The Balaban J connectivity index is 1.27. The average Bonchev–Trinajstić information content (AvgIpc) is 2.85. The van der Waals surface area contributed by atoms with Gasteiger partial charge in [-0.15, -0.1) is 0 Å². The molecule has 3 fully saturated rings. The van der Waals surface area contributed by atoms with Crippen molar-refractivity contribution in [3.8, 4) is 0 Å². The van der Waals surface area contributed by atoms with Crippen LogP contribution in [-0.4, -0.2) is 24.3 Å². The van der Waals surface area contributed by atoms with Gasteiger partial charge >= 0.3 is 0 Å². The predicted molar refractivity (Wildman–Crippen MR) is 126 cm³/mol. The number of hydrogen-bond donors (Lipinski definition) is 1. The van der Waals surface area contributed by atoms with Crippen LogP contribution in [0, 0.1) is 40.6 Å². The Morgan fingerprint density at radius 1 is 0.853 bits per heavy atom. The van der Waals surface area contributed by atoms with Gasteiger partial charge in [0.05, 0.1) is 13.2 Å². The highest BCUT2D eigenvalue weighted by Crippen LogP contribution is 2.48. The van der Waals surface area contributed by atoms with Gasteiger partial charge in [-0.25, -0.2) is 13.2 Å². The van der Waals surface area contributed by atoms with Crippen LogP contribution < -0.4 is 0 Å². The molecular weight excluding hydrogens is 441 g/mol. The minimum atomic E-state index is -1.60. The molecule has 1 aromatic rings. The molecule has 1 N–H and O–H groups in total. The van der Waals surface area contributed by atoms with Gasteiger partial charge in [-0.2, -0.15) is 0 Å². The molecule has 34 heavy (non-hydrogen) atoms. The van der Waals surface area contributed by atoms with Gasteiger partial charge in [-0.05, 0) is 74.0 Å². The number of unbranched alkanes of at least 4 members (excludes halogenated alkanes) is 2. The summed E-state index contributed by atoms with van der Waals surface area (Å²) in [6.07, 6.45) is 12.8. The number of benzene rings is 1. The van der Waals surface area contributed by atoms with Crippen molar-refractivity contribution in [3.05, 3.63) is 35.1 Å². The third-order valence-electron chi connectivity index (χ3n) is 8.99. The van der Waals surface area contributed by atoms with Crippen LogP contribution in [0.2, 0.25) is 0 Å². The van der Waals surface area contributed by atoms with E-state index < -0.39 is 23.4 Å². The smallest absolute Gasteiger partial charge is 0.283 e. The van der Waals surface area contributed by atoms with Crippen LogP contribution in [-0.2, 0) is 9.47 Å². The minimum absolute atomic E-state index is 0.0641. The van der Waals surface area contributed by atoms with Crippen molar-refractivity contribution in [3.63, 3.8) is 0 Å². The fourth-order valence-electron chi connectivity index (χ4n) is 6.52. The molecule has 1 saturated heterocycles. The van der Waals surface area contributed by atoms with Crippen molar-refractivity contribution in [1.82, 2.24) is 0 Å². The first-order chi connectivity index (χ1) is 16.2. The molecule has 1 aromatic carbocycles. The summed E-state index contributed by atoms with van der Waals surface area (Å²) in [5.74, 6) is -4.16. The topological polar surface area (TPSA) is 38.7 Å². The highest BCUT2D eigenvalue weighted by molar-refractivity contribution is 5.23. The summed E-state index contributed by atoms with van der Waals surface area (Å²) in [6.45, 7) is 5.45. The van der Waals surface area contributed by atoms with Crippen LogP contribution in [0.15, 0.2) is 12.1 Å². The van der Waals surface area contributed by atoms with Crippen LogP contribution in [0.25, 0.3) is 0 Å². The van der Waals surface area contributed by atoms with Crippen LogP contribution in [0.1, 0.15) is 102 Å². The Bertz CT molecular complexity index is 782. The summed E-state index contributed by atoms with van der Waals surface area (Å²) in [5, 5.41) is 11.2. The minimum Gasteiger partial charge on any atom is -0.343 e. The number of aliphatic hydroxyl groups is 1. The summed E-state index contributed by atoms with van der Waals surface area (Å²) >= 11 is 0. The largest absolute Gasteiger partial charge is 0.343 e. The first-order valence-corrected chi connectivity index (χ1v) is 13.4. The lowest BCUT2D eigenvalue weighted by molar-refractivity contribution is -0.431. The molecule has 4 rings (SSSR count). The van der Waals surface area contributed by atoms with Gasteiger partial charge in [-0.1, -0.05) is 52.4 Å². The van der Waals surface area contributed by atoms with Crippen molar-refractivity contribution in [2.45, 2.75) is 103 Å². The predicted octanol–water partition coefficient (Wildman–Crippen LogP) is 7.46. The molecule has 6 heteroatoms. The Hall–Kier alpha value is -1.11. The SMILES string of the molecule is CCCCCC1CCC(C2(C)COC(O)(C3CCC(c4cc(F)c(F)c(F)c4)CC3)OC2)CC1. The lowest BCUT2D eigenvalue weighted by atomic mass is 9.67. The van der Waals surface area contributed by atoms with E-state index in [2.05, 4.69) is 13.8 Å². The van der Waals surface area contributed by atoms with E-state index in [1.165, 1.54) is 51.4 Å². The first-order valence-electron chi connectivity index (χ1n) is 13.4. The van der Waals surface area contributed by atoms with Gasteiger partial charge in [0.1, 0.15) is 0 Å². The average molecular weight is 483 g/mol. The lowest BCUT2D eigenvalue weighted by Crippen LogP contribution is -2.55. The van der Waals surface area contributed by atoms with Crippen molar-refractivity contribution < 1.29 is 27.8 Å². The van der Waals surface area contributed by atoms with Crippen molar-refractivity contribution in [2.24, 2.45) is 23.2 Å². The molecule has 0 unspecified atom stereocenters. The lowest BCUT2D eigenvalue weighted by Gasteiger charge is -2.50. The third kappa shape index (κ3) is 5.65. The van der Waals surface area contributed by atoms with Gasteiger partial charge in [0.25, 0.3) is 5.97 Å². The van der Waals surface area contributed by atoms with E-state index in [1.54, 1.807) is 0 Å². The van der Waals surface area contributed by atoms with Crippen molar-refractivity contribution >= 4 is 0 Å². The maximum Gasteiger partial charge on any atom is 0.283 e. The third-order valence-corrected chi connectivity index (χ3v) is 8.99. The Labute approximate surface area is 202 Å². The van der Waals surface area contributed by atoms with Crippen LogP contribution in [0.3, 0.4) is 0 Å². The quantitative estimate of drug-likeness (QED) is 0.324. The maximum atomic E-state index is 13.6. The summed E-state index contributed by atoms with van der Waals surface area (Å²) in [6, 6.07) is 2.19. The summed E-state index contributed by atoms with van der Waals surface area (Å²) in [7, 11) is 0. The van der Waals surface area contributed by atoms with E-state index in [0.29, 0.717) is 50.4 Å². The molecule has 0 atom stereocenters. The van der Waals surface area contributed by atoms with E-state index in [1.807, 2.05) is 0 Å². The number of halogens is 3. The molecule has 1 heterocycles. The monoisotopic (exact) mass is 482 g/mol. The first kappa shape index (κ1) is 26.0. The second-order valence-corrected chi connectivity index (χ2v) is 11.4. The number of hydrogen-bond acceptors (Lipinski definition) is 3. The maximum absolute atomic E-state index is 13.6. The van der Waals surface area contributed by atoms with Gasteiger partial charge in [-0.3, -0.25) is 0 Å². The highest BCUT2D eigenvalue weighted by atomic mass is 19.2. The highest BCUT2D eigenvalue weighted by Gasteiger charge is 2.50. The number of rotatable bonds is 7. The summed E-state index contributed by atoms with van der Waals surface area (Å²) < 4.78 is 52.7. The molecule has 1 aliphatic heterocycles. The Kier molecular flexibility index (Phi) is 8.31. The van der Waals surface area contributed by atoms with Crippen LogP contribution >= 0.6 is 0 Å². The van der Waals surface area contributed by atoms with Gasteiger partial charge < -0.3 is 14.6 Å². The van der Waals surface area contributed by atoms with Crippen molar-refractivity contribution in [1.29, 1.82) is 0 Å². The van der Waals surface area contributed by atoms with E-state index in [0.717, 1.165) is 18.1 Å². The molecule has 192 valence electrons. The normalized spacial score (nSPS) is 37.0. The Morgan fingerprint density at radius 2 is 1.41 bits per heavy atom. The Morgan fingerprint density at radius 3 is 1.97 bits per heavy atom. The van der Waals surface area contributed by atoms with Crippen LogP contribution in [0.4, 0.5) is 13.2 Å². The molecule has 0 aromatic heterocycles. The summed E-state index contributed by atoms with van der Waals surface area (Å²) in [4.78, 5) is 0. The van der Waals surface area contributed by atoms with E-state index in [-0.39, 0.29) is 17.3 Å². The second kappa shape index (κ2) is 10.9. The summed E-state index contributed by atoms with van der Waals surface area (Å²) in [5.41, 5.74) is 0.395. The van der Waals surface area contributed by atoms with E-state index in [4.69, 9.17) is 9.47 Å². The molecule has 0 spiro atoms. The number of ether oxygens (including phenoxy) is 2. The molecule has 3 aliphatic rings. The molecule has 0 bridgehead atoms. The molecule has 3 nitrogen and oxygen atoms in total. The zero-order valence-electron chi connectivity index (χ0n) is 20.8. The van der Waals surface area contributed by atoms with Crippen LogP contribution in [0.5, 0.6) is 0 Å². The van der Waals surface area contributed by atoms with E-state index >= 15 is 0 Å². The molecule has 2 saturated carbocycles. The van der Waals surface area contributed by atoms with Gasteiger partial charge in [0, 0.05) is 11.3 Å². The molecule has 0 amide bonds. The van der Waals surface area contributed by atoms with E-state index in [9.17, 15) is 18.3 Å². The second-order valence-electron chi connectivity index (χ2n) is 11.4. The fourth-order valence-corrected chi connectivity index (χ4v) is 6.52. The molecular formula is C28H41F3O3. The zero-order valence-corrected chi connectivity index (χ0v) is 20.8. The molecule has 0 radical (unpaired) electrons. The fraction of sp³-hybridized carbons (Fsp3) is 0.786.